The minimum atomic E-state index is 0.372. The van der Waals surface area contributed by atoms with Crippen LogP contribution in [0.4, 0.5) is 0 Å². The van der Waals surface area contributed by atoms with Crippen LogP contribution in [0.25, 0.3) is 0 Å². The summed E-state index contributed by atoms with van der Waals surface area (Å²) in [5.41, 5.74) is 1.17. The lowest BCUT2D eigenvalue weighted by atomic mass is 10.0. The maximum absolute atomic E-state index is 6.22. The third kappa shape index (κ3) is 4.29. The molecule has 1 unspecified atom stereocenters. The van der Waals surface area contributed by atoms with Gasteiger partial charge in [0.15, 0.2) is 0 Å². The van der Waals surface area contributed by atoms with Crippen LogP contribution >= 0.6 is 11.6 Å². The Balaban J connectivity index is 2.63. The fourth-order valence-electron chi connectivity index (χ4n) is 2.34. The van der Waals surface area contributed by atoms with Crippen LogP contribution in [0.15, 0.2) is 6.20 Å². The highest BCUT2D eigenvalue weighted by Crippen LogP contribution is 2.21. The SMILES string of the molecule is CCCC(CCc1c(Cl)cnn1C(C)C)NCC. The van der Waals surface area contributed by atoms with Crippen molar-refractivity contribution in [3.63, 3.8) is 0 Å². The molecule has 0 fully saturated rings. The van der Waals surface area contributed by atoms with Gasteiger partial charge in [-0.05, 0) is 39.7 Å². The predicted molar refractivity (Wildman–Crippen MR) is 78.3 cm³/mol. The Bertz CT molecular complexity index is 341. The summed E-state index contributed by atoms with van der Waals surface area (Å²) in [5.74, 6) is 0. The molecule has 1 atom stereocenters. The Morgan fingerprint density at radius 3 is 2.61 bits per heavy atom. The van der Waals surface area contributed by atoms with Gasteiger partial charge in [-0.1, -0.05) is 31.9 Å². The molecule has 0 aliphatic rings. The minimum absolute atomic E-state index is 0.372. The van der Waals surface area contributed by atoms with E-state index >= 15 is 0 Å². The van der Waals surface area contributed by atoms with Crippen molar-refractivity contribution in [2.45, 2.75) is 65.5 Å². The van der Waals surface area contributed by atoms with Gasteiger partial charge in [-0.25, -0.2) is 0 Å². The summed E-state index contributed by atoms with van der Waals surface area (Å²) in [5, 5.41) is 8.69. The van der Waals surface area contributed by atoms with Crippen LogP contribution in [0, 0.1) is 0 Å². The molecular weight excluding hydrogens is 246 g/mol. The lowest BCUT2D eigenvalue weighted by molar-refractivity contribution is 0.442. The Kier molecular flexibility index (Phi) is 6.72. The zero-order valence-corrected chi connectivity index (χ0v) is 12.8. The summed E-state index contributed by atoms with van der Waals surface area (Å²) in [7, 11) is 0. The van der Waals surface area contributed by atoms with Gasteiger partial charge in [-0.2, -0.15) is 5.10 Å². The Labute approximate surface area is 116 Å². The molecule has 0 saturated carbocycles. The van der Waals surface area contributed by atoms with Gasteiger partial charge in [0.25, 0.3) is 0 Å². The van der Waals surface area contributed by atoms with Crippen molar-refractivity contribution < 1.29 is 0 Å². The van der Waals surface area contributed by atoms with Gasteiger partial charge in [0.2, 0.25) is 0 Å². The van der Waals surface area contributed by atoms with Crippen molar-refractivity contribution in [2.75, 3.05) is 6.54 Å². The first-order valence-corrected chi connectivity index (χ1v) is 7.43. The van der Waals surface area contributed by atoms with E-state index in [-0.39, 0.29) is 0 Å². The molecule has 0 bridgehead atoms. The Morgan fingerprint density at radius 1 is 1.33 bits per heavy atom. The second-order valence-corrected chi connectivity index (χ2v) is 5.47. The van der Waals surface area contributed by atoms with Crippen molar-refractivity contribution in [1.82, 2.24) is 15.1 Å². The third-order valence-electron chi connectivity index (χ3n) is 3.20. The Hall–Kier alpha value is -0.540. The number of aromatic nitrogens is 2. The van der Waals surface area contributed by atoms with E-state index in [1.165, 1.54) is 18.5 Å². The van der Waals surface area contributed by atoms with E-state index < -0.39 is 0 Å². The number of rotatable bonds is 8. The number of halogens is 1. The van der Waals surface area contributed by atoms with Crippen molar-refractivity contribution in [2.24, 2.45) is 0 Å². The second-order valence-electron chi connectivity index (χ2n) is 5.06. The largest absolute Gasteiger partial charge is 0.314 e. The average molecular weight is 272 g/mol. The fourth-order valence-corrected chi connectivity index (χ4v) is 2.57. The summed E-state index contributed by atoms with van der Waals surface area (Å²) in [6, 6.07) is 0.961. The van der Waals surface area contributed by atoms with Crippen molar-refractivity contribution in [3.8, 4) is 0 Å². The normalized spacial score (nSPS) is 13.2. The molecule has 18 heavy (non-hydrogen) atoms. The van der Waals surface area contributed by atoms with Crippen molar-refractivity contribution in [3.05, 3.63) is 16.9 Å². The van der Waals surface area contributed by atoms with E-state index in [4.69, 9.17) is 11.6 Å². The van der Waals surface area contributed by atoms with Crippen LogP contribution in [-0.2, 0) is 6.42 Å². The molecule has 1 aromatic heterocycles. The molecule has 0 spiro atoms. The highest BCUT2D eigenvalue weighted by Gasteiger charge is 2.14. The first kappa shape index (κ1) is 15.5. The van der Waals surface area contributed by atoms with Gasteiger partial charge >= 0.3 is 0 Å². The number of hydrogen-bond donors (Lipinski definition) is 1. The molecule has 0 radical (unpaired) electrons. The maximum Gasteiger partial charge on any atom is 0.0817 e. The molecular formula is C14H26ClN3. The van der Waals surface area contributed by atoms with Crippen molar-refractivity contribution >= 4 is 11.6 Å². The number of nitrogens with one attached hydrogen (secondary N) is 1. The first-order chi connectivity index (χ1) is 8.60. The van der Waals surface area contributed by atoms with Gasteiger partial charge in [-0.3, -0.25) is 4.68 Å². The van der Waals surface area contributed by atoms with Crippen molar-refractivity contribution in [1.29, 1.82) is 0 Å². The summed E-state index contributed by atoms with van der Waals surface area (Å²) in [6.07, 6.45) is 6.32. The lowest BCUT2D eigenvalue weighted by Crippen LogP contribution is -2.29. The van der Waals surface area contributed by atoms with Gasteiger partial charge < -0.3 is 5.32 Å². The second kappa shape index (κ2) is 7.80. The van der Waals surface area contributed by atoms with Gasteiger partial charge in [0, 0.05) is 12.1 Å². The molecule has 0 aliphatic heterocycles. The molecule has 3 nitrogen and oxygen atoms in total. The lowest BCUT2D eigenvalue weighted by Gasteiger charge is -2.18. The van der Waals surface area contributed by atoms with E-state index in [2.05, 4.69) is 38.1 Å². The smallest absolute Gasteiger partial charge is 0.0817 e. The molecule has 0 aromatic carbocycles. The highest BCUT2D eigenvalue weighted by molar-refractivity contribution is 6.31. The van der Waals surface area contributed by atoms with E-state index in [1.54, 1.807) is 6.20 Å². The topological polar surface area (TPSA) is 29.9 Å². The molecule has 0 aliphatic carbocycles. The van der Waals surface area contributed by atoms with Crippen LogP contribution in [-0.4, -0.2) is 22.4 Å². The van der Waals surface area contributed by atoms with Gasteiger partial charge in [0.1, 0.15) is 0 Å². The van der Waals surface area contributed by atoms with E-state index in [0.29, 0.717) is 12.1 Å². The molecule has 0 saturated heterocycles. The van der Waals surface area contributed by atoms with Gasteiger partial charge in [-0.15, -0.1) is 0 Å². The molecule has 1 N–H and O–H groups in total. The zero-order valence-electron chi connectivity index (χ0n) is 12.0. The number of nitrogens with zero attached hydrogens (tertiary/aromatic N) is 2. The van der Waals surface area contributed by atoms with Crippen LogP contribution in [0.1, 0.15) is 58.7 Å². The van der Waals surface area contributed by atoms with E-state index in [1.807, 2.05) is 4.68 Å². The van der Waals surface area contributed by atoms with Gasteiger partial charge in [0.05, 0.1) is 16.9 Å². The van der Waals surface area contributed by atoms with Crippen LogP contribution < -0.4 is 5.32 Å². The summed E-state index contributed by atoms with van der Waals surface area (Å²) >= 11 is 6.22. The molecule has 1 heterocycles. The average Bonchev–Trinajstić information content (AvgIpc) is 2.68. The summed E-state index contributed by atoms with van der Waals surface area (Å²) in [6.45, 7) is 9.70. The Morgan fingerprint density at radius 2 is 2.06 bits per heavy atom. The van der Waals surface area contributed by atoms with E-state index in [9.17, 15) is 0 Å². The standard InChI is InChI=1S/C14H26ClN3/c1-5-7-12(16-6-2)8-9-14-13(15)10-17-18(14)11(3)4/h10-12,16H,5-9H2,1-4H3. The monoisotopic (exact) mass is 271 g/mol. The zero-order chi connectivity index (χ0) is 13.5. The molecule has 1 rings (SSSR count). The van der Waals surface area contributed by atoms with Crippen LogP contribution in [0.3, 0.4) is 0 Å². The van der Waals surface area contributed by atoms with E-state index in [0.717, 1.165) is 24.4 Å². The fraction of sp³-hybridized carbons (Fsp3) is 0.786. The third-order valence-corrected chi connectivity index (χ3v) is 3.51. The summed E-state index contributed by atoms with van der Waals surface area (Å²) in [4.78, 5) is 0. The molecule has 104 valence electrons. The summed E-state index contributed by atoms with van der Waals surface area (Å²) < 4.78 is 2.04. The quantitative estimate of drug-likeness (QED) is 0.779. The van der Waals surface area contributed by atoms with Crippen LogP contribution in [0.2, 0.25) is 5.02 Å². The number of hydrogen-bond acceptors (Lipinski definition) is 2. The molecule has 1 aromatic rings. The molecule has 0 amide bonds. The highest BCUT2D eigenvalue weighted by atomic mass is 35.5. The first-order valence-electron chi connectivity index (χ1n) is 7.05. The van der Waals surface area contributed by atoms with Crippen LogP contribution in [0.5, 0.6) is 0 Å². The minimum Gasteiger partial charge on any atom is -0.314 e. The molecule has 4 heteroatoms. The maximum atomic E-state index is 6.22. The predicted octanol–water partition coefficient (Wildman–Crippen LogP) is 3.83.